The number of nitrogens with zero attached hydrogens (tertiary/aromatic N) is 10. The quantitative estimate of drug-likeness (QED) is 0.144. The predicted octanol–water partition coefficient (Wildman–Crippen LogP) is 8.64. The number of fused-ring (bicyclic) bond motifs is 4. The van der Waals surface area contributed by atoms with Crippen LogP contribution in [0.25, 0.3) is 55.9 Å². The van der Waals surface area contributed by atoms with Gasteiger partial charge in [0.05, 0.1) is 34.6 Å². The van der Waals surface area contributed by atoms with Crippen LogP contribution in [0.15, 0.2) is 84.9 Å². The van der Waals surface area contributed by atoms with Gasteiger partial charge in [-0.05, 0) is 101 Å². The third-order valence-corrected chi connectivity index (χ3v) is 13.9. The predicted molar refractivity (Wildman–Crippen MR) is 253 cm³/mol. The number of hydrogen-bond donors (Lipinski definition) is 2. The molecule has 64 heavy (non-hydrogen) atoms. The van der Waals surface area contributed by atoms with Crippen molar-refractivity contribution in [2.24, 2.45) is 0 Å². The molecule has 0 bridgehead atoms. The van der Waals surface area contributed by atoms with Gasteiger partial charge in [0.25, 0.3) is 0 Å². The Labute approximate surface area is 372 Å². The minimum Gasteiger partial charge on any atom is -0.381 e. The number of pyridine rings is 2. The van der Waals surface area contributed by atoms with Crippen molar-refractivity contribution in [3.63, 3.8) is 0 Å². The van der Waals surface area contributed by atoms with Crippen LogP contribution in [0.5, 0.6) is 0 Å². The van der Waals surface area contributed by atoms with E-state index in [4.69, 9.17) is 39.6 Å². The smallest absolute Gasteiger partial charge is 0.160 e. The summed E-state index contributed by atoms with van der Waals surface area (Å²) < 4.78 is 16.4. The van der Waals surface area contributed by atoms with E-state index in [9.17, 15) is 0 Å². The minimum absolute atomic E-state index is 0.0249. The molecule has 3 unspecified atom stereocenters. The Morgan fingerprint density at radius 1 is 0.594 bits per heavy atom. The Balaban J connectivity index is 0.850. The Bertz CT molecular complexity index is 3020. The summed E-state index contributed by atoms with van der Waals surface area (Å²) in [5.74, 6) is 3.83. The van der Waals surface area contributed by atoms with Gasteiger partial charge in [-0.25, -0.2) is 19.9 Å². The number of benzene rings is 2. The molecule has 12 rings (SSSR count). The molecular formula is C50H54N12O2. The summed E-state index contributed by atoms with van der Waals surface area (Å²) in [6.45, 7) is 9.37. The fourth-order valence-electron chi connectivity index (χ4n) is 10.5. The molecule has 6 aromatic heterocycles. The maximum Gasteiger partial charge on any atom is 0.160 e. The van der Waals surface area contributed by atoms with E-state index in [1.54, 1.807) is 0 Å². The second kappa shape index (κ2) is 16.3. The molecule has 0 saturated carbocycles. The summed E-state index contributed by atoms with van der Waals surface area (Å²) in [4.78, 5) is 25.5. The zero-order valence-corrected chi connectivity index (χ0v) is 36.6. The molecule has 2 aromatic carbocycles. The molecule has 4 aliphatic rings. The molecule has 0 radical (unpaired) electrons. The number of aromatic nitrogens is 8. The van der Waals surface area contributed by atoms with E-state index in [1.165, 1.54) is 18.4 Å². The van der Waals surface area contributed by atoms with Crippen molar-refractivity contribution in [3.8, 4) is 22.8 Å². The maximum absolute atomic E-state index is 6.72. The number of nitrogens with one attached hydrogen (secondary N) is 2. The average molecular weight is 855 g/mol. The summed E-state index contributed by atoms with van der Waals surface area (Å²) in [6.07, 6.45) is 8.14. The van der Waals surface area contributed by atoms with Crippen molar-refractivity contribution in [3.05, 3.63) is 96.1 Å². The van der Waals surface area contributed by atoms with Gasteiger partial charge in [-0.1, -0.05) is 36.4 Å². The van der Waals surface area contributed by atoms with Crippen LogP contribution in [0, 0.1) is 13.8 Å². The SMILES string of the molecule is Cc1cc2ccccc2nc1-c1cc2nc(N3CCCC3C3CC(Nc4cc(N5CCCC5)nc5cc(-c6cc(C)c7ccccc7n6)nn45)CCO3)cc(NC3CCOCC3)n2n1. The molecular weight excluding hydrogens is 801 g/mol. The second-order valence-corrected chi connectivity index (χ2v) is 18.2. The topological polar surface area (TPSA) is 135 Å². The van der Waals surface area contributed by atoms with Crippen LogP contribution in [0.2, 0.25) is 0 Å². The van der Waals surface area contributed by atoms with Crippen molar-refractivity contribution in [1.29, 1.82) is 0 Å². The lowest BCUT2D eigenvalue weighted by Crippen LogP contribution is -2.46. The molecule has 10 heterocycles. The molecule has 14 nitrogen and oxygen atoms in total. The molecule has 0 aliphatic carbocycles. The van der Waals surface area contributed by atoms with Gasteiger partial charge >= 0.3 is 0 Å². The number of anilines is 4. The van der Waals surface area contributed by atoms with Crippen molar-refractivity contribution in [2.45, 2.75) is 89.4 Å². The number of ether oxygens (including phenoxy) is 2. The fraction of sp³-hybridized carbons (Fsp3) is 0.400. The standard InChI is InChI=1S/C50H54N12O2/c1-31-25-39(53-38-13-6-4-11-36(31)38)40-27-46-55-44(59-18-7-8-19-59)29-48(61(46)57-40)52-35-17-23-64-43(26-35)42-14-9-20-60(42)45-30-49(51-34-15-21-63-22-16-34)62-47(56-45)28-41(58-62)50-32(2)24-33-10-3-5-12-37(33)54-50/h3-6,10-13,24-25,27-30,34-35,42-43,51-52H,7-9,14-23,26H2,1-2H3. The third-order valence-electron chi connectivity index (χ3n) is 13.9. The van der Waals surface area contributed by atoms with Crippen molar-refractivity contribution in [1.82, 2.24) is 39.2 Å². The lowest BCUT2D eigenvalue weighted by Gasteiger charge is -2.38. The summed E-state index contributed by atoms with van der Waals surface area (Å²) in [5, 5.41) is 20.4. The molecule has 4 fully saturated rings. The molecule has 326 valence electrons. The number of para-hydroxylation sites is 2. The zero-order valence-electron chi connectivity index (χ0n) is 36.6. The van der Waals surface area contributed by atoms with Crippen LogP contribution < -0.4 is 20.4 Å². The number of aryl methyl sites for hydroxylation is 2. The van der Waals surface area contributed by atoms with Gasteiger partial charge in [0, 0.05) is 86.6 Å². The zero-order chi connectivity index (χ0) is 42.7. The van der Waals surface area contributed by atoms with E-state index in [1.807, 2.05) is 21.2 Å². The van der Waals surface area contributed by atoms with E-state index >= 15 is 0 Å². The lowest BCUT2D eigenvalue weighted by molar-refractivity contribution is -0.00342. The molecule has 8 aromatic rings. The Morgan fingerprint density at radius 2 is 1.30 bits per heavy atom. The summed E-state index contributed by atoms with van der Waals surface area (Å²) in [6, 6.07) is 30.1. The van der Waals surface area contributed by atoms with E-state index in [0.717, 1.165) is 156 Å². The molecule has 14 heteroatoms. The van der Waals surface area contributed by atoms with Crippen molar-refractivity contribution >= 4 is 56.4 Å². The van der Waals surface area contributed by atoms with E-state index in [0.29, 0.717) is 6.61 Å². The number of hydrogen-bond acceptors (Lipinski definition) is 12. The first kappa shape index (κ1) is 39.2. The van der Waals surface area contributed by atoms with Gasteiger partial charge < -0.3 is 29.9 Å². The Morgan fingerprint density at radius 3 is 2.14 bits per heavy atom. The molecule has 2 N–H and O–H groups in total. The largest absolute Gasteiger partial charge is 0.381 e. The van der Waals surface area contributed by atoms with Gasteiger partial charge in [0.15, 0.2) is 11.3 Å². The minimum atomic E-state index is 0.0249. The Kier molecular flexibility index (Phi) is 10.00. The monoisotopic (exact) mass is 854 g/mol. The maximum atomic E-state index is 6.72. The first-order valence-corrected chi connectivity index (χ1v) is 23.3. The van der Waals surface area contributed by atoms with Crippen LogP contribution in [-0.2, 0) is 9.47 Å². The van der Waals surface area contributed by atoms with Crippen LogP contribution in [-0.4, -0.2) is 103 Å². The molecule has 3 atom stereocenters. The molecule has 0 spiro atoms. The fourth-order valence-corrected chi connectivity index (χ4v) is 10.5. The highest BCUT2D eigenvalue weighted by Crippen LogP contribution is 2.36. The van der Waals surface area contributed by atoms with E-state index < -0.39 is 0 Å². The number of rotatable bonds is 9. The van der Waals surface area contributed by atoms with Gasteiger partial charge in [-0.2, -0.15) is 19.2 Å². The second-order valence-electron chi connectivity index (χ2n) is 18.2. The lowest BCUT2D eigenvalue weighted by atomic mass is 9.96. The molecule has 0 amide bonds. The van der Waals surface area contributed by atoms with Gasteiger partial charge in [-0.15, -0.1) is 0 Å². The average Bonchev–Trinajstić information content (AvgIpc) is 4.17. The van der Waals surface area contributed by atoms with Crippen molar-refractivity contribution in [2.75, 3.05) is 59.9 Å². The highest BCUT2D eigenvalue weighted by molar-refractivity contribution is 5.85. The van der Waals surface area contributed by atoms with Crippen LogP contribution >= 0.6 is 0 Å². The molecule has 4 aliphatic heterocycles. The van der Waals surface area contributed by atoms with Gasteiger partial charge in [0.1, 0.15) is 34.7 Å². The highest BCUT2D eigenvalue weighted by atomic mass is 16.5. The first-order chi connectivity index (χ1) is 31.5. The van der Waals surface area contributed by atoms with Crippen molar-refractivity contribution < 1.29 is 9.47 Å². The van der Waals surface area contributed by atoms with E-state index in [2.05, 4.69) is 107 Å². The first-order valence-electron chi connectivity index (χ1n) is 23.3. The highest BCUT2D eigenvalue weighted by Gasteiger charge is 2.38. The Hall–Kier alpha value is -6.38. The van der Waals surface area contributed by atoms with Gasteiger partial charge in [0.2, 0.25) is 0 Å². The van der Waals surface area contributed by atoms with E-state index in [-0.39, 0.29) is 24.2 Å². The molecule has 4 saturated heterocycles. The summed E-state index contributed by atoms with van der Waals surface area (Å²) >= 11 is 0. The summed E-state index contributed by atoms with van der Waals surface area (Å²) in [5.41, 5.74) is 9.18. The summed E-state index contributed by atoms with van der Waals surface area (Å²) in [7, 11) is 0. The third kappa shape index (κ3) is 7.31. The van der Waals surface area contributed by atoms with Crippen LogP contribution in [0.1, 0.15) is 62.5 Å². The van der Waals surface area contributed by atoms with Crippen LogP contribution in [0.4, 0.5) is 23.3 Å². The van der Waals surface area contributed by atoms with Gasteiger partial charge in [-0.3, -0.25) is 0 Å². The van der Waals surface area contributed by atoms with Crippen LogP contribution in [0.3, 0.4) is 0 Å². The normalized spacial score (nSPS) is 20.9.